The zero-order chi connectivity index (χ0) is 20.4. The molecule has 1 unspecified atom stereocenters. The molecule has 3 aromatic rings. The number of imide groups is 1. The number of halogens is 1. The first kappa shape index (κ1) is 18.9. The van der Waals surface area contributed by atoms with Crippen LogP contribution in [0.15, 0.2) is 78.9 Å². The molecule has 1 aliphatic rings. The molecule has 6 heteroatoms. The number of benzene rings is 3. The van der Waals surface area contributed by atoms with Crippen LogP contribution in [0.25, 0.3) is 0 Å². The number of nitrogens with zero attached hydrogens (tertiary/aromatic N) is 1. The summed E-state index contributed by atoms with van der Waals surface area (Å²) in [7, 11) is 0. The first-order chi connectivity index (χ1) is 14.0. The monoisotopic (exact) mass is 405 g/mol. The van der Waals surface area contributed by atoms with Crippen LogP contribution in [0.3, 0.4) is 0 Å². The molecule has 0 radical (unpaired) electrons. The van der Waals surface area contributed by atoms with Crippen molar-refractivity contribution < 1.29 is 19.1 Å². The van der Waals surface area contributed by atoms with Gasteiger partial charge in [0, 0.05) is 5.02 Å². The van der Waals surface area contributed by atoms with E-state index in [1.807, 2.05) is 6.07 Å². The zero-order valence-electron chi connectivity index (χ0n) is 15.2. The lowest BCUT2D eigenvalue weighted by atomic mass is 10.0. The number of amides is 2. The predicted octanol–water partition coefficient (Wildman–Crippen LogP) is 4.67. The van der Waals surface area contributed by atoms with Gasteiger partial charge in [0.1, 0.15) is 5.75 Å². The largest absolute Gasteiger partial charge is 0.426 e. The van der Waals surface area contributed by atoms with Gasteiger partial charge in [0.25, 0.3) is 11.8 Å². The molecular formula is C23H16ClNO4. The fourth-order valence-electron chi connectivity index (χ4n) is 3.35. The van der Waals surface area contributed by atoms with Crippen LogP contribution in [-0.2, 0) is 4.79 Å². The summed E-state index contributed by atoms with van der Waals surface area (Å²) in [5, 5.41) is 0.515. The van der Waals surface area contributed by atoms with Crippen LogP contribution in [0.1, 0.15) is 38.7 Å². The van der Waals surface area contributed by atoms with Crippen molar-refractivity contribution in [1.29, 1.82) is 0 Å². The Hall–Kier alpha value is -3.44. The first-order valence-electron chi connectivity index (χ1n) is 9.02. The number of carbonyl (C=O) groups excluding carboxylic acids is 3. The van der Waals surface area contributed by atoms with Gasteiger partial charge in [0.15, 0.2) is 0 Å². The molecule has 0 saturated carbocycles. The van der Waals surface area contributed by atoms with Crippen LogP contribution in [0.4, 0.5) is 0 Å². The molecule has 4 rings (SSSR count). The predicted molar refractivity (Wildman–Crippen MR) is 108 cm³/mol. The highest BCUT2D eigenvalue weighted by atomic mass is 35.5. The van der Waals surface area contributed by atoms with Crippen LogP contribution >= 0.6 is 11.6 Å². The highest BCUT2D eigenvalue weighted by Gasteiger charge is 2.41. The lowest BCUT2D eigenvalue weighted by molar-refractivity contribution is -0.135. The molecule has 144 valence electrons. The number of hydrogen-bond acceptors (Lipinski definition) is 4. The molecule has 0 bridgehead atoms. The highest BCUT2D eigenvalue weighted by molar-refractivity contribution is 6.30. The summed E-state index contributed by atoms with van der Waals surface area (Å²) >= 11 is 5.98. The molecule has 1 atom stereocenters. The van der Waals surface area contributed by atoms with E-state index in [1.54, 1.807) is 72.8 Å². The quantitative estimate of drug-likeness (QED) is 0.351. The van der Waals surface area contributed by atoms with Crippen LogP contribution in [0.2, 0.25) is 5.02 Å². The van der Waals surface area contributed by atoms with E-state index in [0.717, 1.165) is 4.90 Å². The molecule has 2 amide bonds. The Kier molecular flexibility index (Phi) is 5.14. The SMILES string of the molecule is O=C(CC(c1ccc(Cl)cc1)N1C(=O)c2ccccc2C1=O)Oc1ccccc1. The van der Waals surface area contributed by atoms with E-state index < -0.39 is 23.8 Å². The number of hydrogen-bond donors (Lipinski definition) is 0. The van der Waals surface area contributed by atoms with E-state index >= 15 is 0 Å². The third kappa shape index (κ3) is 3.77. The van der Waals surface area contributed by atoms with Gasteiger partial charge < -0.3 is 4.74 Å². The van der Waals surface area contributed by atoms with Crippen LogP contribution in [0.5, 0.6) is 5.75 Å². The number of fused-ring (bicyclic) bond motifs is 1. The second-order valence-corrected chi connectivity index (χ2v) is 7.02. The van der Waals surface area contributed by atoms with Crippen LogP contribution < -0.4 is 4.74 Å². The van der Waals surface area contributed by atoms with E-state index in [4.69, 9.17) is 16.3 Å². The molecule has 29 heavy (non-hydrogen) atoms. The summed E-state index contributed by atoms with van der Waals surface area (Å²) in [5.74, 6) is -1.02. The topological polar surface area (TPSA) is 63.7 Å². The Balaban J connectivity index is 1.66. The average molecular weight is 406 g/mol. The summed E-state index contributed by atoms with van der Waals surface area (Å²) in [6.45, 7) is 0. The zero-order valence-corrected chi connectivity index (χ0v) is 16.0. The molecule has 3 aromatic carbocycles. The van der Waals surface area contributed by atoms with E-state index in [2.05, 4.69) is 0 Å². The molecule has 0 spiro atoms. The van der Waals surface area contributed by atoms with Gasteiger partial charge >= 0.3 is 5.97 Å². The van der Waals surface area contributed by atoms with Crippen molar-refractivity contribution >= 4 is 29.4 Å². The number of carbonyl (C=O) groups is 3. The fraction of sp³-hybridized carbons (Fsp3) is 0.0870. The van der Waals surface area contributed by atoms with Gasteiger partial charge in [-0.1, -0.05) is 54.1 Å². The molecule has 0 aliphatic carbocycles. The highest BCUT2D eigenvalue weighted by Crippen LogP contribution is 2.34. The van der Waals surface area contributed by atoms with E-state index in [0.29, 0.717) is 27.5 Å². The minimum atomic E-state index is -0.809. The second kappa shape index (κ2) is 7.89. The molecular weight excluding hydrogens is 390 g/mol. The fourth-order valence-corrected chi connectivity index (χ4v) is 3.48. The maximum Gasteiger partial charge on any atom is 0.313 e. The van der Waals surface area contributed by atoms with Crippen molar-refractivity contribution in [3.63, 3.8) is 0 Å². The lowest BCUT2D eigenvalue weighted by Gasteiger charge is -2.26. The number of rotatable bonds is 5. The van der Waals surface area contributed by atoms with E-state index in [1.165, 1.54) is 0 Å². The minimum Gasteiger partial charge on any atom is -0.426 e. The normalized spacial score (nSPS) is 13.9. The van der Waals surface area contributed by atoms with Crippen LogP contribution in [-0.4, -0.2) is 22.7 Å². The summed E-state index contributed by atoms with van der Waals surface area (Å²) in [5.41, 5.74) is 1.27. The summed E-state index contributed by atoms with van der Waals surface area (Å²) in [4.78, 5) is 39.6. The third-order valence-corrected chi connectivity index (χ3v) is 4.98. The molecule has 0 N–H and O–H groups in total. The first-order valence-corrected chi connectivity index (χ1v) is 9.40. The summed E-state index contributed by atoms with van der Waals surface area (Å²) < 4.78 is 5.38. The molecule has 5 nitrogen and oxygen atoms in total. The van der Waals surface area contributed by atoms with Gasteiger partial charge in [-0.25, -0.2) is 0 Å². The lowest BCUT2D eigenvalue weighted by Crippen LogP contribution is -2.36. The van der Waals surface area contributed by atoms with Crippen molar-refractivity contribution in [2.75, 3.05) is 0 Å². The number of para-hydroxylation sites is 1. The molecule has 0 fully saturated rings. The van der Waals surface area contributed by atoms with Crippen molar-refractivity contribution in [2.24, 2.45) is 0 Å². The van der Waals surface area contributed by atoms with Gasteiger partial charge in [0.2, 0.25) is 0 Å². The average Bonchev–Trinajstić information content (AvgIpc) is 2.98. The second-order valence-electron chi connectivity index (χ2n) is 6.58. The maximum atomic E-state index is 13.0. The number of ether oxygens (including phenoxy) is 1. The third-order valence-electron chi connectivity index (χ3n) is 4.73. The van der Waals surface area contributed by atoms with Gasteiger partial charge in [-0.3, -0.25) is 19.3 Å². The van der Waals surface area contributed by atoms with Crippen LogP contribution in [0, 0.1) is 0 Å². The Morgan fingerprint density at radius 3 is 1.97 bits per heavy atom. The van der Waals surface area contributed by atoms with Crippen molar-refractivity contribution in [1.82, 2.24) is 4.90 Å². The van der Waals surface area contributed by atoms with Gasteiger partial charge in [-0.2, -0.15) is 0 Å². The van der Waals surface area contributed by atoms with Gasteiger partial charge in [0.05, 0.1) is 23.6 Å². The van der Waals surface area contributed by atoms with Gasteiger partial charge in [-0.15, -0.1) is 0 Å². The molecule has 0 saturated heterocycles. The summed E-state index contributed by atoms with van der Waals surface area (Å²) in [6.07, 6.45) is -0.179. The van der Waals surface area contributed by atoms with E-state index in [9.17, 15) is 14.4 Å². The Morgan fingerprint density at radius 1 is 0.828 bits per heavy atom. The standard InChI is InChI=1S/C23H16ClNO4/c24-16-12-10-15(11-13-16)20(14-21(26)29-17-6-2-1-3-7-17)25-22(27)18-8-4-5-9-19(18)23(25)28/h1-13,20H,14H2. The Labute approximate surface area is 172 Å². The Bertz CT molecular complexity index is 1040. The molecule has 1 heterocycles. The van der Waals surface area contributed by atoms with Gasteiger partial charge in [-0.05, 0) is 42.0 Å². The Morgan fingerprint density at radius 2 is 1.38 bits per heavy atom. The van der Waals surface area contributed by atoms with Crippen molar-refractivity contribution in [3.05, 3.63) is 101 Å². The van der Waals surface area contributed by atoms with Crippen molar-refractivity contribution in [2.45, 2.75) is 12.5 Å². The number of esters is 1. The smallest absolute Gasteiger partial charge is 0.313 e. The van der Waals surface area contributed by atoms with E-state index in [-0.39, 0.29) is 6.42 Å². The van der Waals surface area contributed by atoms with Crippen molar-refractivity contribution in [3.8, 4) is 5.75 Å². The molecule has 0 aromatic heterocycles. The molecule has 1 aliphatic heterocycles. The minimum absolute atomic E-state index is 0.179. The maximum absolute atomic E-state index is 13.0. The summed E-state index contributed by atoms with van der Waals surface area (Å²) in [6, 6.07) is 21.2.